The van der Waals surface area contributed by atoms with Crippen LogP contribution in [0.25, 0.3) is 0 Å². The van der Waals surface area contributed by atoms with E-state index in [4.69, 9.17) is 4.74 Å². The molecular weight excluding hydrogens is 264 g/mol. The first-order chi connectivity index (χ1) is 9.07. The molecule has 0 saturated carbocycles. The Hall–Kier alpha value is -1.40. The second kappa shape index (κ2) is 5.71. The lowest BCUT2D eigenvalue weighted by Crippen LogP contribution is -2.48. The zero-order valence-corrected chi connectivity index (χ0v) is 11.9. The molecule has 6 heteroatoms. The average molecular weight is 282 g/mol. The van der Waals surface area contributed by atoms with Crippen LogP contribution in [0.2, 0.25) is 0 Å². The molecule has 104 valence electrons. The van der Waals surface area contributed by atoms with Crippen molar-refractivity contribution < 1.29 is 14.3 Å². The minimum atomic E-state index is -0.546. The van der Waals surface area contributed by atoms with Gasteiger partial charge in [0.25, 0.3) is 0 Å². The molecule has 2 N–H and O–H groups in total. The molecule has 1 aromatic heterocycles. The van der Waals surface area contributed by atoms with Gasteiger partial charge in [-0.1, -0.05) is 0 Å². The second-order valence-electron chi connectivity index (χ2n) is 4.70. The minimum Gasteiger partial charge on any atom is -0.462 e. The van der Waals surface area contributed by atoms with Gasteiger partial charge in [0.2, 0.25) is 5.91 Å². The molecule has 1 fully saturated rings. The van der Waals surface area contributed by atoms with Gasteiger partial charge in [0.15, 0.2) is 0 Å². The van der Waals surface area contributed by atoms with E-state index in [0.717, 1.165) is 19.4 Å². The second-order valence-corrected chi connectivity index (χ2v) is 5.62. The van der Waals surface area contributed by atoms with Gasteiger partial charge in [0.05, 0.1) is 17.7 Å². The third-order valence-electron chi connectivity index (χ3n) is 3.26. The number of hydrogen-bond acceptors (Lipinski definition) is 5. The van der Waals surface area contributed by atoms with Crippen LogP contribution in [0.1, 0.15) is 37.0 Å². The molecule has 1 saturated heterocycles. The summed E-state index contributed by atoms with van der Waals surface area (Å²) in [5.41, 5.74) is -0.127. The third-order valence-corrected chi connectivity index (χ3v) is 4.09. The Morgan fingerprint density at radius 3 is 3.00 bits per heavy atom. The van der Waals surface area contributed by atoms with Gasteiger partial charge in [-0.3, -0.25) is 4.79 Å². The number of anilines is 1. The van der Waals surface area contributed by atoms with Crippen LogP contribution in [-0.4, -0.2) is 30.6 Å². The van der Waals surface area contributed by atoms with Crippen molar-refractivity contribution >= 4 is 28.2 Å². The fraction of sp³-hybridized carbons (Fsp3) is 0.538. The van der Waals surface area contributed by atoms with Gasteiger partial charge < -0.3 is 15.4 Å². The SMILES string of the molecule is CCOC(=O)c1ccsc1NC(=O)C1(C)CCCN1. The molecule has 0 aliphatic carbocycles. The maximum Gasteiger partial charge on any atom is 0.341 e. The number of amides is 1. The van der Waals surface area contributed by atoms with E-state index in [9.17, 15) is 9.59 Å². The Morgan fingerprint density at radius 1 is 1.58 bits per heavy atom. The number of carbonyl (C=O) groups is 2. The highest BCUT2D eigenvalue weighted by Gasteiger charge is 2.36. The summed E-state index contributed by atoms with van der Waals surface area (Å²) in [5, 5.41) is 8.35. The molecule has 0 bridgehead atoms. The summed E-state index contributed by atoms with van der Waals surface area (Å²) in [7, 11) is 0. The smallest absolute Gasteiger partial charge is 0.341 e. The van der Waals surface area contributed by atoms with Crippen molar-refractivity contribution in [2.75, 3.05) is 18.5 Å². The molecular formula is C13H18N2O3S. The van der Waals surface area contributed by atoms with Crippen molar-refractivity contribution in [2.45, 2.75) is 32.2 Å². The summed E-state index contributed by atoms with van der Waals surface area (Å²) < 4.78 is 4.96. The Balaban J connectivity index is 2.09. The molecule has 2 heterocycles. The topological polar surface area (TPSA) is 67.4 Å². The molecule has 1 aromatic rings. The van der Waals surface area contributed by atoms with Crippen LogP contribution >= 0.6 is 11.3 Å². The van der Waals surface area contributed by atoms with E-state index >= 15 is 0 Å². The third kappa shape index (κ3) is 2.96. The molecule has 1 unspecified atom stereocenters. The Kier molecular flexibility index (Phi) is 4.21. The fourth-order valence-electron chi connectivity index (χ4n) is 2.11. The van der Waals surface area contributed by atoms with Gasteiger partial charge in [-0.25, -0.2) is 4.79 Å². The molecule has 19 heavy (non-hydrogen) atoms. The molecule has 5 nitrogen and oxygen atoms in total. The molecule has 1 aliphatic heterocycles. The van der Waals surface area contributed by atoms with Crippen molar-refractivity contribution in [3.05, 3.63) is 17.0 Å². The van der Waals surface area contributed by atoms with E-state index in [1.54, 1.807) is 18.4 Å². The molecule has 0 radical (unpaired) electrons. The first kappa shape index (κ1) is 14.0. The van der Waals surface area contributed by atoms with Gasteiger partial charge in [0.1, 0.15) is 5.00 Å². The van der Waals surface area contributed by atoms with Gasteiger partial charge >= 0.3 is 5.97 Å². The molecule has 0 aromatic carbocycles. The number of nitrogens with one attached hydrogen (secondary N) is 2. The lowest BCUT2D eigenvalue weighted by molar-refractivity contribution is -0.121. The van der Waals surface area contributed by atoms with Crippen molar-refractivity contribution in [3.8, 4) is 0 Å². The number of hydrogen-bond donors (Lipinski definition) is 2. The summed E-state index contributed by atoms with van der Waals surface area (Å²) in [6, 6.07) is 1.67. The first-order valence-corrected chi connectivity index (χ1v) is 7.26. The van der Waals surface area contributed by atoms with Crippen LogP contribution in [0.3, 0.4) is 0 Å². The van der Waals surface area contributed by atoms with Crippen LogP contribution < -0.4 is 10.6 Å². The summed E-state index contributed by atoms with van der Waals surface area (Å²) >= 11 is 1.33. The van der Waals surface area contributed by atoms with Gasteiger partial charge in [-0.2, -0.15) is 0 Å². The monoisotopic (exact) mass is 282 g/mol. The van der Waals surface area contributed by atoms with Crippen molar-refractivity contribution in [1.82, 2.24) is 5.32 Å². The molecule has 1 aliphatic rings. The summed E-state index contributed by atoms with van der Waals surface area (Å²) in [4.78, 5) is 24.0. The van der Waals surface area contributed by atoms with Crippen LogP contribution in [0.15, 0.2) is 11.4 Å². The highest BCUT2D eigenvalue weighted by atomic mass is 32.1. The highest BCUT2D eigenvalue weighted by Crippen LogP contribution is 2.27. The molecule has 1 atom stereocenters. The lowest BCUT2D eigenvalue weighted by atomic mass is 9.99. The average Bonchev–Trinajstić information content (AvgIpc) is 2.99. The molecule has 0 spiro atoms. The summed E-state index contributed by atoms with van der Waals surface area (Å²) in [6.45, 7) is 4.80. The zero-order chi connectivity index (χ0) is 13.9. The Labute approximate surface area is 116 Å². The van der Waals surface area contributed by atoms with Crippen molar-refractivity contribution in [1.29, 1.82) is 0 Å². The normalized spacial score (nSPS) is 22.2. The van der Waals surface area contributed by atoms with Gasteiger partial charge in [-0.15, -0.1) is 11.3 Å². The van der Waals surface area contributed by atoms with E-state index in [0.29, 0.717) is 17.2 Å². The Bertz CT molecular complexity index is 478. The summed E-state index contributed by atoms with van der Waals surface area (Å²) in [6.07, 6.45) is 1.79. The maximum absolute atomic E-state index is 12.2. The zero-order valence-electron chi connectivity index (χ0n) is 11.1. The predicted molar refractivity (Wildman–Crippen MR) is 74.5 cm³/mol. The number of carbonyl (C=O) groups excluding carboxylic acids is 2. The standard InChI is InChI=1S/C13H18N2O3S/c1-3-18-11(16)9-5-8-19-10(9)15-12(17)13(2)6-4-7-14-13/h5,8,14H,3-4,6-7H2,1-2H3,(H,15,17). The predicted octanol–water partition coefficient (Wildman–Crippen LogP) is 2.01. The van der Waals surface area contributed by atoms with Gasteiger partial charge in [-0.05, 0) is 44.7 Å². The van der Waals surface area contributed by atoms with Crippen molar-refractivity contribution in [3.63, 3.8) is 0 Å². The van der Waals surface area contributed by atoms with Crippen molar-refractivity contribution in [2.24, 2.45) is 0 Å². The molecule has 1 amide bonds. The molecule has 2 rings (SSSR count). The van der Waals surface area contributed by atoms with Crippen LogP contribution in [0, 0.1) is 0 Å². The van der Waals surface area contributed by atoms with E-state index < -0.39 is 11.5 Å². The fourth-order valence-corrected chi connectivity index (χ4v) is 2.88. The van der Waals surface area contributed by atoms with E-state index in [1.165, 1.54) is 11.3 Å². The van der Waals surface area contributed by atoms with Crippen LogP contribution in [-0.2, 0) is 9.53 Å². The number of thiophene rings is 1. The minimum absolute atomic E-state index is 0.0991. The maximum atomic E-state index is 12.2. The lowest BCUT2D eigenvalue weighted by Gasteiger charge is -2.22. The first-order valence-electron chi connectivity index (χ1n) is 6.38. The quantitative estimate of drug-likeness (QED) is 0.829. The van der Waals surface area contributed by atoms with Crippen LogP contribution in [0.4, 0.5) is 5.00 Å². The number of ether oxygens (including phenoxy) is 1. The van der Waals surface area contributed by atoms with E-state index in [2.05, 4.69) is 10.6 Å². The van der Waals surface area contributed by atoms with Gasteiger partial charge in [0, 0.05) is 0 Å². The van der Waals surface area contributed by atoms with E-state index in [-0.39, 0.29) is 5.91 Å². The number of esters is 1. The Morgan fingerprint density at radius 2 is 2.37 bits per heavy atom. The number of rotatable bonds is 4. The summed E-state index contributed by atoms with van der Waals surface area (Å²) in [5.74, 6) is -0.499. The van der Waals surface area contributed by atoms with Crippen LogP contribution in [0.5, 0.6) is 0 Å². The highest BCUT2D eigenvalue weighted by molar-refractivity contribution is 7.14. The van der Waals surface area contributed by atoms with E-state index in [1.807, 2.05) is 6.92 Å². The largest absolute Gasteiger partial charge is 0.462 e.